The predicted octanol–water partition coefficient (Wildman–Crippen LogP) is 1.77. The fourth-order valence-electron chi connectivity index (χ4n) is 4.55. The largest absolute Gasteiger partial charge is 0.353 e. The van der Waals surface area contributed by atoms with Crippen LogP contribution in [0.1, 0.15) is 19.3 Å². The van der Waals surface area contributed by atoms with E-state index in [1.807, 2.05) is 25.5 Å². The molecule has 8 heteroatoms. The molecule has 3 fully saturated rings. The molecule has 8 nitrogen and oxygen atoms in total. The van der Waals surface area contributed by atoms with E-state index in [0.717, 1.165) is 37.6 Å². The number of fused-ring (bicyclic) bond motifs is 2. The molecule has 140 valence electrons. The van der Waals surface area contributed by atoms with Gasteiger partial charge >= 0.3 is 0 Å². The number of aromatic nitrogens is 4. The lowest BCUT2D eigenvalue weighted by Crippen LogP contribution is -2.54. The maximum atomic E-state index is 9.08. The molecule has 0 radical (unpaired) electrons. The minimum absolute atomic E-state index is 0.297. The molecule has 0 amide bonds. The Kier molecular flexibility index (Phi) is 3.97. The van der Waals surface area contributed by atoms with Gasteiger partial charge in [0.25, 0.3) is 0 Å². The molecule has 2 aliphatic heterocycles. The van der Waals surface area contributed by atoms with Crippen molar-refractivity contribution in [3.05, 3.63) is 24.7 Å². The van der Waals surface area contributed by atoms with Gasteiger partial charge in [-0.25, -0.2) is 4.98 Å². The first-order valence-electron chi connectivity index (χ1n) is 9.68. The van der Waals surface area contributed by atoms with Gasteiger partial charge in [0.15, 0.2) is 0 Å². The Bertz CT molecular complexity index is 857. The van der Waals surface area contributed by atoms with E-state index < -0.39 is 0 Å². The molecule has 5 rings (SSSR count). The molecular formula is C19H24N8. The van der Waals surface area contributed by atoms with Crippen molar-refractivity contribution in [3.8, 4) is 6.07 Å². The Balaban J connectivity index is 1.26. The van der Waals surface area contributed by atoms with Gasteiger partial charge in [0.1, 0.15) is 5.82 Å². The standard InChI is InChI=1S/C19H24N8/c1-25-10-15(8-22-25)23-19-21-5-4-18(24-19)26-11-16-2-3-17(12-26)27(16)9-14-6-13(14)7-20/h4-5,8,10,13-14,16-17H,2-3,6,9,11-12H2,1H3,(H,21,23,24)/t13-,14-,16+,17+/m1/s1. The zero-order valence-corrected chi connectivity index (χ0v) is 15.5. The summed E-state index contributed by atoms with van der Waals surface area (Å²) < 4.78 is 1.75. The molecule has 1 aliphatic carbocycles. The molecule has 2 bridgehead atoms. The van der Waals surface area contributed by atoms with Crippen molar-refractivity contribution in [3.63, 3.8) is 0 Å². The number of anilines is 3. The maximum Gasteiger partial charge on any atom is 0.229 e. The average molecular weight is 364 g/mol. The lowest BCUT2D eigenvalue weighted by molar-refractivity contribution is 0.160. The van der Waals surface area contributed by atoms with Gasteiger partial charge in [-0.15, -0.1) is 0 Å². The SMILES string of the molecule is Cn1cc(Nc2nccc(N3C[C@@H]4CC[C@@H](C3)N4C[C@H]3C[C@@H]3C#N)n2)cn1. The van der Waals surface area contributed by atoms with Gasteiger partial charge in [0, 0.05) is 51.2 Å². The van der Waals surface area contributed by atoms with Crippen molar-refractivity contribution >= 4 is 17.5 Å². The molecular weight excluding hydrogens is 340 g/mol. The van der Waals surface area contributed by atoms with Crippen LogP contribution in [0.3, 0.4) is 0 Å². The molecule has 1 N–H and O–H groups in total. The molecule has 27 heavy (non-hydrogen) atoms. The lowest BCUT2D eigenvalue weighted by Gasteiger charge is -2.41. The molecule has 0 aromatic carbocycles. The van der Waals surface area contributed by atoms with Crippen molar-refractivity contribution in [1.29, 1.82) is 5.26 Å². The van der Waals surface area contributed by atoms with Gasteiger partial charge in [-0.2, -0.15) is 15.3 Å². The van der Waals surface area contributed by atoms with E-state index in [1.54, 1.807) is 10.9 Å². The zero-order chi connectivity index (χ0) is 18.4. The summed E-state index contributed by atoms with van der Waals surface area (Å²) in [5.41, 5.74) is 0.885. The van der Waals surface area contributed by atoms with E-state index in [2.05, 4.69) is 31.3 Å². The van der Waals surface area contributed by atoms with Crippen LogP contribution in [0.5, 0.6) is 0 Å². The van der Waals surface area contributed by atoms with Crippen LogP contribution in [0.15, 0.2) is 24.7 Å². The van der Waals surface area contributed by atoms with E-state index in [1.165, 1.54) is 12.8 Å². The highest BCUT2D eigenvalue weighted by molar-refractivity contribution is 5.53. The van der Waals surface area contributed by atoms with Crippen molar-refractivity contribution < 1.29 is 0 Å². The Morgan fingerprint density at radius 3 is 2.78 bits per heavy atom. The smallest absolute Gasteiger partial charge is 0.229 e. The van der Waals surface area contributed by atoms with E-state index in [9.17, 15) is 0 Å². The van der Waals surface area contributed by atoms with Crippen molar-refractivity contribution in [2.75, 3.05) is 29.9 Å². The first-order valence-corrected chi connectivity index (χ1v) is 9.68. The summed E-state index contributed by atoms with van der Waals surface area (Å²) >= 11 is 0. The third kappa shape index (κ3) is 3.23. The molecule has 2 aromatic rings. The number of rotatable bonds is 5. The average Bonchev–Trinajstić information content (AvgIpc) is 3.25. The highest BCUT2D eigenvalue weighted by Crippen LogP contribution is 2.42. The van der Waals surface area contributed by atoms with Crippen molar-refractivity contribution in [2.45, 2.75) is 31.3 Å². The Hall–Kier alpha value is -2.66. The van der Waals surface area contributed by atoms with Crippen LogP contribution in [0.4, 0.5) is 17.5 Å². The monoisotopic (exact) mass is 364 g/mol. The minimum atomic E-state index is 0.297. The second-order valence-corrected chi connectivity index (χ2v) is 7.98. The van der Waals surface area contributed by atoms with Gasteiger partial charge in [-0.3, -0.25) is 9.58 Å². The summed E-state index contributed by atoms with van der Waals surface area (Å²) in [5, 5.41) is 16.5. The van der Waals surface area contributed by atoms with Crippen LogP contribution in [-0.4, -0.2) is 56.4 Å². The fourth-order valence-corrected chi connectivity index (χ4v) is 4.55. The fraction of sp³-hybridized carbons (Fsp3) is 0.579. The van der Waals surface area contributed by atoms with Crippen LogP contribution in [-0.2, 0) is 7.05 Å². The van der Waals surface area contributed by atoms with Gasteiger partial charge in [0.2, 0.25) is 5.95 Å². The molecule has 4 heterocycles. The number of hydrogen-bond donors (Lipinski definition) is 1. The molecule has 2 aromatic heterocycles. The van der Waals surface area contributed by atoms with Crippen molar-refractivity contribution in [2.24, 2.45) is 18.9 Å². The molecule has 1 saturated carbocycles. The Morgan fingerprint density at radius 2 is 2.11 bits per heavy atom. The molecule has 3 aliphatic rings. The summed E-state index contributed by atoms with van der Waals surface area (Å²) in [6.07, 6.45) is 9.07. The number of piperazine rings is 1. The minimum Gasteiger partial charge on any atom is -0.353 e. The van der Waals surface area contributed by atoms with E-state index >= 15 is 0 Å². The van der Waals surface area contributed by atoms with Crippen LogP contribution in [0, 0.1) is 23.2 Å². The Labute approximate surface area is 158 Å². The number of hydrogen-bond acceptors (Lipinski definition) is 7. The maximum absolute atomic E-state index is 9.08. The number of aryl methyl sites for hydroxylation is 1. The van der Waals surface area contributed by atoms with Crippen LogP contribution >= 0.6 is 0 Å². The normalized spacial score (nSPS) is 29.6. The quantitative estimate of drug-likeness (QED) is 0.865. The highest BCUT2D eigenvalue weighted by Gasteiger charge is 2.45. The number of nitrogens with zero attached hydrogens (tertiary/aromatic N) is 7. The van der Waals surface area contributed by atoms with Gasteiger partial charge in [-0.05, 0) is 31.2 Å². The summed E-state index contributed by atoms with van der Waals surface area (Å²) in [6, 6.07) is 5.57. The zero-order valence-electron chi connectivity index (χ0n) is 15.5. The van der Waals surface area contributed by atoms with Crippen LogP contribution in [0.2, 0.25) is 0 Å². The molecule has 0 spiro atoms. The molecule has 0 unspecified atom stereocenters. The second kappa shape index (κ2) is 6.50. The second-order valence-electron chi connectivity index (χ2n) is 7.98. The first kappa shape index (κ1) is 16.5. The predicted molar refractivity (Wildman–Crippen MR) is 101 cm³/mol. The third-order valence-corrected chi connectivity index (χ3v) is 6.09. The molecule has 4 atom stereocenters. The lowest BCUT2D eigenvalue weighted by atomic mass is 10.1. The Morgan fingerprint density at radius 1 is 1.30 bits per heavy atom. The first-order chi connectivity index (χ1) is 13.2. The third-order valence-electron chi connectivity index (χ3n) is 6.09. The van der Waals surface area contributed by atoms with Crippen LogP contribution in [0.25, 0.3) is 0 Å². The van der Waals surface area contributed by atoms with E-state index in [0.29, 0.717) is 29.9 Å². The summed E-state index contributed by atoms with van der Waals surface area (Å²) in [5.74, 6) is 2.48. The summed E-state index contributed by atoms with van der Waals surface area (Å²) in [4.78, 5) is 14.1. The number of nitrogens with one attached hydrogen (secondary N) is 1. The van der Waals surface area contributed by atoms with Gasteiger partial charge < -0.3 is 10.2 Å². The van der Waals surface area contributed by atoms with Gasteiger partial charge in [0.05, 0.1) is 23.9 Å². The number of nitriles is 1. The van der Waals surface area contributed by atoms with E-state index in [4.69, 9.17) is 10.2 Å². The van der Waals surface area contributed by atoms with Gasteiger partial charge in [-0.1, -0.05) is 0 Å². The van der Waals surface area contributed by atoms with Crippen molar-refractivity contribution in [1.82, 2.24) is 24.6 Å². The highest BCUT2D eigenvalue weighted by atomic mass is 15.4. The summed E-state index contributed by atoms with van der Waals surface area (Å²) in [7, 11) is 1.89. The summed E-state index contributed by atoms with van der Waals surface area (Å²) in [6.45, 7) is 3.10. The molecule has 2 saturated heterocycles. The van der Waals surface area contributed by atoms with E-state index in [-0.39, 0.29) is 0 Å². The topological polar surface area (TPSA) is 85.9 Å². The van der Waals surface area contributed by atoms with Crippen LogP contribution < -0.4 is 10.2 Å².